The maximum absolute atomic E-state index is 12.2. The fourth-order valence-corrected chi connectivity index (χ4v) is 4.70. The summed E-state index contributed by atoms with van der Waals surface area (Å²) in [6.45, 7) is 6.38. The van der Waals surface area contributed by atoms with Gasteiger partial charge in [-0.25, -0.2) is 0 Å². The first kappa shape index (κ1) is 17.8. The minimum absolute atomic E-state index is 0.301. The Morgan fingerprint density at radius 1 is 1.19 bits per heavy atom. The lowest BCUT2D eigenvalue weighted by molar-refractivity contribution is -0.139. The van der Waals surface area contributed by atoms with Crippen molar-refractivity contribution in [3.63, 3.8) is 0 Å². The third-order valence-electron chi connectivity index (χ3n) is 6.39. The molecule has 0 N–H and O–H groups in total. The molecule has 0 saturated carbocycles. The topological polar surface area (TPSA) is 42.0 Å². The smallest absolute Gasteiger partial charge is 0.222 e. The molecule has 26 heavy (non-hydrogen) atoms. The average molecular weight is 358 g/mol. The Balaban J connectivity index is 1.33. The van der Waals surface area contributed by atoms with E-state index in [4.69, 9.17) is 9.47 Å². The zero-order valence-electron chi connectivity index (χ0n) is 15.8. The molecule has 3 heterocycles. The van der Waals surface area contributed by atoms with E-state index in [2.05, 4.69) is 23.1 Å². The van der Waals surface area contributed by atoms with Crippen molar-refractivity contribution in [3.05, 3.63) is 29.3 Å². The van der Waals surface area contributed by atoms with Crippen molar-refractivity contribution in [1.29, 1.82) is 0 Å². The summed E-state index contributed by atoms with van der Waals surface area (Å²) in [6.07, 6.45) is 5.18. The molecule has 2 saturated heterocycles. The highest BCUT2D eigenvalue weighted by molar-refractivity contribution is 5.77. The molecule has 0 bridgehead atoms. The normalized spacial score (nSPS) is 22.5. The van der Waals surface area contributed by atoms with Gasteiger partial charge in [0.1, 0.15) is 5.75 Å². The molecule has 2 fully saturated rings. The zero-order valence-corrected chi connectivity index (χ0v) is 15.8. The van der Waals surface area contributed by atoms with Crippen LogP contribution in [0.15, 0.2) is 18.2 Å². The Bertz CT molecular complexity index is 653. The van der Waals surface area contributed by atoms with E-state index >= 15 is 0 Å². The second kappa shape index (κ2) is 7.57. The molecule has 5 heteroatoms. The summed E-state index contributed by atoms with van der Waals surface area (Å²) in [7, 11) is 1.70. The molecule has 0 aliphatic carbocycles. The molecule has 0 atom stereocenters. The summed E-state index contributed by atoms with van der Waals surface area (Å²) in [5, 5.41) is 0. The molecule has 142 valence electrons. The minimum Gasteiger partial charge on any atom is -0.493 e. The van der Waals surface area contributed by atoms with Crippen LogP contribution in [0.4, 0.5) is 0 Å². The fraction of sp³-hybridized carbons (Fsp3) is 0.667. The predicted molar refractivity (Wildman–Crippen MR) is 100 cm³/mol. The zero-order chi connectivity index (χ0) is 18.0. The van der Waals surface area contributed by atoms with Gasteiger partial charge in [-0.2, -0.15) is 0 Å². The Hall–Kier alpha value is -1.59. The Kier molecular flexibility index (Phi) is 5.18. The first-order chi connectivity index (χ1) is 12.7. The molecule has 3 aliphatic heterocycles. The minimum atomic E-state index is 0.301. The summed E-state index contributed by atoms with van der Waals surface area (Å²) in [5.41, 5.74) is 3.07. The number of benzene rings is 1. The number of piperidine rings is 2. The maximum atomic E-state index is 12.2. The Labute approximate surface area is 156 Å². The Morgan fingerprint density at radius 3 is 2.85 bits per heavy atom. The highest BCUT2D eigenvalue weighted by Gasteiger charge is 2.40. The third-order valence-corrected chi connectivity index (χ3v) is 6.39. The van der Waals surface area contributed by atoms with E-state index in [9.17, 15) is 4.79 Å². The van der Waals surface area contributed by atoms with Crippen LogP contribution in [-0.4, -0.2) is 62.2 Å². The predicted octanol–water partition coefficient (Wildman–Crippen LogP) is 2.47. The molecule has 3 aliphatic rings. The summed E-state index contributed by atoms with van der Waals surface area (Å²) in [4.78, 5) is 16.8. The summed E-state index contributed by atoms with van der Waals surface area (Å²) < 4.78 is 10.8. The highest BCUT2D eigenvalue weighted by Crippen LogP contribution is 2.40. The SMILES string of the molecule is COCCN1CC2(CCC1=O)CCN(Cc1ccc3c(c1)CCO3)CC2. The molecule has 5 nitrogen and oxygen atoms in total. The second-order valence-electron chi connectivity index (χ2n) is 8.12. The largest absolute Gasteiger partial charge is 0.493 e. The number of methoxy groups -OCH3 is 1. The number of hydrogen-bond donors (Lipinski definition) is 0. The van der Waals surface area contributed by atoms with E-state index in [1.165, 1.54) is 24.0 Å². The van der Waals surface area contributed by atoms with Gasteiger partial charge in [0.2, 0.25) is 5.91 Å². The molecule has 0 radical (unpaired) electrons. The van der Waals surface area contributed by atoms with Gasteiger partial charge in [0, 0.05) is 39.6 Å². The van der Waals surface area contributed by atoms with Crippen molar-refractivity contribution in [2.45, 2.75) is 38.6 Å². The number of amides is 1. The molecular formula is C21H30N2O3. The summed E-state index contributed by atoms with van der Waals surface area (Å²) in [5.74, 6) is 1.37. The molecular weight excluding hydrogens is 328 g/mol. The lowest BCUT2D eigenvalue weighted by Crippen LogP contribution is -2.52. The van der Waals surface area contributed by atoms with Crippen molar-refractivity contribution in [3.8, 4) is 5.75 Å². The number of fused-ring (bicyclic) bond motifs is 1. The first-order valence-electron chi connectivity index (χ1n) is 9.91. The number of likely N-dealkylation sites (tertiary alicyclic amines) is 2. The van der Waals surface area contributed by atoms with Crippen LogP contribution >= 0.6 is 0 Å². The van der Waals surface area contributed by atoms with Gasteiger partial charge in [0.15, 0.2) is 0 Å². The number of rotatable bonds is 5. The van der Waals surface area contributed by atoms with Gasteiger partial charge in [-0.3, -0.25) is 9.69 Å². The molecule has 1 spiro atoms. The standard InChI is InChI=1S/C21H30N2O3/c1-25-13-11-23-16-21(6-4-20(23)24)7-9-22(10-8-21)15-17-2-3-19-18(14-17)5-12-26-19/h2-3,14H,4-13,15-16H2,1H3. The Morgan fingerprint density at radius 2 is 2.04 bits per heavy atom. The molecule has 4 rings (SSSR count). The summed E-state index contributed by atoms with van der Waals surface area (Å²) >= 11 is 0. The van der Waals surface area contributed by atoms with Crippen LogP contribution in [0.2, 0.25) is 0 Å². The molecule has 1 amide bonds. The van der Waals surface area contributed by atoms with E-state index in [0.717, 1.165) is 57.9 Å². The van der Waals surface area contributed by atoms with E-state index < -0.39 is 0 Å². The van der Waals surface area contributed by atoms with Gasteiger partial charge in [0.25, 0.3) is 0 Å². The van der Waals surface area contributed by atoms with Crippen molar-refractivity contribution in [2.75, 3.05) is 46.5 Å². The number of nitrogens with zero attached hydrogens (tertiary/aromatic N) is 2. The van der Waals surface area contributed by atoms with E-state index in [-0.39, 0.29) is 0 Å². The maximum Gasteiger partial charge on any atom is 0.222 e. The van der Waals surface area contributed by atoms with Gasteiger partial charge in [-0.15, -0.1) is 0 Å². The quantitative estimate of drug-likeness (QED) is 0.811. The lowest BCUT2D eigenvalue weighted by Gasteiger charge is -2.47. The average Bonchev–Trinajstić information content (AvgIpc) is 3.12. The number of carbonyl (C=O) groups excluding carboxylic acids is 1. The number of hydrogen-bond acceptors (Lipinski definition) is 4. The van der Waals surface area contributed by atoms with Gasteiger partial charge in [-0.1, -0.05) is 12.1 Å². The van der Waals surface area contributed by atoms with Gasteiger partial charge in [0.05, 0.1) is 13.2 Å². The van der Waals surface area contributed by atoms with Crippen LogP contribution in [0, 0.1) is 5.41 Å². The van der Waals surface area contributed by atoms with Crippen LogP contribution in [0.5, 0.6) is 5.75 Å². The van der Waals surface area contributed by atoms with Crippen molar-refractivity contribution < 1.29 is 14.3 Å². The molecule has 0 unspecified atom stereocenters. The van der Waals surface area contributed by atoms with Crippen LogP contribution in [0.3, 0.4) is 0 Å². The van der Waals surface area contributed by atoms with E-state index in [1.54, 1.807) is 7.11 Å². The molecule has 1 aromatic rings. The lowest BCUT2D eigenvalue weighted by atomic mass is 9.72. The van der Waals surface area contributed by atoms with Gasteiger partial charge in [-0.05, 0) is 55.0 Å². The molecule has 0 aromatic heterocycles. The van der Waals surface area contributed by atoms with Gasteiger partial charge >= 0.3 is 0 Å². The van der Waals surface area contributed by atoms with Crippen molar-refractivity contribution in [2.24, 2.45) is 5.41 Å². The number of carbonyl (C=O) groups is 1. The van der Waals surface area contributed by atoms with Crippen molar-refractivity contribution >= 4 is 5.91 Å². The van der Waals surface area contributed by atoms with Crippen LogP contribution in [-0.2, 0) is 22.5 Å². The summed E-state index contributed by atoms with van der Waals surface area (Å²) in [6, 6.07) is 6.66. The number of ether oxygens (including phenoxy) is 2. The third kappa shape index (κ3) is 3.74. The van der Waals surface area contributed by atoms with Gasteiger partial charge < -0.3 is 14.4 Å². The fourth-order valence-electron chi connectivity index (χ4n) is 4.70. The second-order valence-corrected chi connectivity index (χ2v) is 8.12. The van der Waals surface area contributed by atoms with Crippen molar-refractivity contribution in [1.82, 2.24) is 9.80 Å². The monoisotopic (exact) mass is 358 g/mol. The highest BCUT2D eigenvalue weighted by atomic mass is 16.5. The first-order valence-corrected chi connectivity index (χ1v) is 9.91. The van der Waals surface area contributed by atoms with Crippen LogP contribution < -0.4 is 4.74 Å². The molecule has 1 aromatic carbocycles. The van der Waals surface area contributed by atoms with E-state index in [0.29, 0.717) is 24.3 Å². The van der Waals surface area contributed by atoms with Crippen LogP contribution in [0.1, 0.15) is 36.8 Å². The van der Waals surface area contributed by atoms with E-state index in [1.807, 2.05) is 4.90 Å². The van der Waals surface area contributed by atoms with Crippen LogP contribution in [0.25, 0.3) is 0 Å².